The highest BCUT2D eigenvalue weighted by atomic mass is 79.9. The van der Waals surface area contributed by atoms with Crippen LogP contribution < -0.4 is 5.32 Å². The van der Waals surface area contributed by atoms with Crippen LogP contribution in [0.4, 0.5) is 5.69 Å². The summed E-state index contributed by atoms with van der Waals surface area (Å²) in [6.45, 7) is 5.96. The standard InChI is InChI=1S/C14H20BrN3O/c1-11-4-3-5-12(14(11)15)16-10-13(19)18-8-6-17(2)7-9-18/h3-5,16H,6-10H2,1-2H3. The van der Waals surface area contributed by atoms with Gasteiger partial charge in [0.25, 0.3) is 0 Å². The number of nitrogens with zero attached hydrogens (tertiary/aromatic N) is 2. The maximum absolute atomic E-state index is 12.1. The average Bonchev–Trinajstić information content (AvgIpc) is 2.41. The second-order valence-corrected chi connectivity index (χ2v) is 5.77. The first-order valence-electron chi connectivity index (χ1n) is 6.53. The van der Waals surface area contributed by atoms with E-state index in [1.165, 1.54) is 0 Å². The van der Waals surface area contributed by atoms with Gasteiger partial charge < -0.3 is 15.1 Å². The van der Waals surface area contributed by atoms with Gasteiger partial charge in [-0.05, 0) is 41.5 Å². The van der Waals surface area contributed by atoms with Crippen molar-refractivity contribution in [3.05, 3.63) is 28.2 Å². The van der Waals surface area contributed by atoms with Crippen LogP contribution in [0.2, 0.25) is 0 Å². The first kappa shape index (κ1) is 14.3. The largest absolute Gasteiger partial charge is 0.375 e. The summed E-state index contributed by atoms with van der Waals surface area (Å²) in [5, 5.41) is 3.21. The minimum absolute atomic E-state index is 0.168. The molecule has 0 aromatic heterocycles. The van der Waals surface area contributed by atoms with Crippen LogP contribution in [0.1, 0.15) is 5.56 Å². The topological polar surface area (TPSA) is 35.6 Å². The molecule has 0 atom stereocenters. The quantitative estimate of drug-likeness (QED) is 0.922. The number of anilines is 1. The molecule has 0 spiro atoms. The van der Waals surface area contributed by atoms with E-state index in [4.69, 9.17) is 0 Å². The average molecular weight is 326 g/mol. The Morgan fingerprint density at radius 2 is 2.00 bits per heavy atom. The lowest BCUT2D eigenvalue weighted by atomic mass is 10.2. The number of likely N-dealkylation sites (N-methyl/N-ethyl adjacent to an activating group) is 1. The van der Waals surface area contributed by atoms with Gasteiger partial charge in [0.15, 0.2) is 0 Å². The third kappa shape index (κ3) is 3.70. The normalized spacial score (nSPS) is 16.5. The number of hydrogen-bond donors (Lipinski definition) is 1. The van der Waals surface area contributed by atoms with Gasteiger partial charge in [-0.1, -0.05) is 12.1 Å². The van der Waals surface area contributed by atoms with Gasteiger partial charge in [-0.2, -0.15) is 0 Å². The van der Waals surface area contributed by atoms with Crippen molar-refractivity contribution in [2.24, 2.45) is 0 Å². The maximum Gasteiger partial charge on any atom is 0.241 e. The van der Waals surface area contributed by atoms with E-state index in [9.17, 15) is 4.79 Å². The number of rotatable bonds is 3. The number of carbonyl (C=O) groups excluding carboxylic acids is 1. The van der Waals surface area contributed by atoms with Crippen molar-refractivity contribution in [1.29, 1.82) is 0 Å². The van der Waals surface area contributed by atoms with Crippen LogP contribution in [0.25, 0.3) is 0 Å². The minimum Gasteiger partial charge on any atom is -0.375 e. The van der Waals surface area contributed by atoms with Crippen molar-refractivity contribution in [2.45, 2.75) is 6.92 Å². The SMILES string of the molecule is Cc1cccc(NCC(=O)N2CCN(C)CC2)c1Br. The Morgan fingerprint density at radius 3 is 2.68 bits per heavy atom. The first-order chi connectivity index (χ1) is 9.08. The van der Waals surface area contributed by atoms with Gasteiger partial charge in [-0.15, -0.1) is 0 Å². The van der Waals surface area contributed by atoms with Crippen LogP contribution >= 0.6 is 15.9 Å². The van der Waals surface area contributed by atoms with Gasteiger partial charge in [-0.3, -0.25) is 4.79 Å². The fraction of sp³-hybridized carbons (Fsp3) is 0.500. The highest BCUT2D eigenvalue weighted by molar-refractivity contribution is 9.10. The predicted octanol–water partition coefficient (Wildman–Crippen LogP) is 1.94. The molecule has 0 unspecified atom stereocenters. The Hall–Kier alpha value is -1.07. The molecule has 1 aromatic carbocycles. The van der Waals surface area contributed by atoms with Crippen molar-refractivity contribution in [3.63, 3.8) is 0 Å². The highest BCUT2D eigenvalue weighted by Gasteiger charge is 2.18. The van der Waals surface area contributed by atoms with Gasteiger partial charge in [0.1, 0.15) is 0 Å². The molecule has 1 N–H and O–H groups in total. The number of aryl methyl sites for hydroxylation is 1. The Kier molecular flexibility index (Phi) is 4.82. The number of amides is 1. The van der Waals surface area contributed by atoms with Crippen LogP contribution in [0.15, 0.2) is 22.7 Å². The third-order valence-electron chi connectivity index (χ3n) is 3.48. The first-order valence-corrected chi connectivity index (χ1v) is 7.32. The summed E-state index contributed by atoms with van der Waals surface area (Å²) >= 11 is 3.54. The molecule has 0 bridgehead atoms. The number of nitrogens with one attached hydrogen (secondary N) is 1. The molecule has 0 radical (unpaired) electrons. The van der Waals surface area contributed by atoms with Crippen LogP contribution in [-0.4, -0.2) is 55.5 Å². The molecule has 0 saturated carbocycles. The maximum atomic E-state index is 12.1. The molecule has 1 heterocycles. The molecule has 2 rings (SSSR count). The smallest absolute Gasteiger partial charge is 0.241 e. The molecule has 1 aromatic rings. The van der Waals surface area contributed by atoms with E-state index in [1.54, 1.807) is 0 Å². The molecule has 1 fully saturated rings. The number of piperazine rings is 1. The van der Waals surface area contributed by atoms with Crippen molar-refractivity contribution in [2.75, 3.05) is 45.1 Å². The van der Waals surface area contributed by atoms with Gasteiger partial charge in [0, 0.05) is 36.3 Å². The van der Waals surface area contributed by atoms with E-state index in [-0.39, 0.29) is 5.91 Å². The molecular formula is C14H20BrN3O. The van der Waals surface area contributed by atoms with Crippen LogP contribution in [-0.2, 0) is 4.79 Å². The van der Waals surface area contributed by atoms with Gasteiger partial charge in [-0.25, -0.2) is 0 Å². The van der Waals surface area contributed by atoms with Crippen LogP contribution in [0.5, 0.6) is 0 Å². The summed E-state index contributed by atoms with van der Waals surface area (Å²) in [4.78, 5) is 16.3. The number of benzene rings is 1. The summed E-state index contributed by atoms with van der Waals surface area (Å²) in [5.74, 6) is 0.168. The zero-order valence-electron chi connectivity index (χ0n) is 11.4. The van der Waals surface area contributed by atoms with Crippen molar-refractivity contribution < 1.29 is 4.79 Å². The lowest BCUT2D eigenvalue weighted by molar-refractivity contribution is -0.130. The summed E-state index contributed by atoms with van der Waals surface area (Å²) in [6.07, 6.45) is 0. The summed E-state index contributed by atoms with van der Waals surface area (Å²) in [6, 6.07) is 6.01. The summed E-state index contributed by atoms with van der Waals surface area (Å²) < 4.78 is 1.03. The fourth-order valence-corrected chi connectivity index (χ4v) is 2.53. The van der Waals surface area contributed by atoms with E-state index in [2.05, 4.69) is 33.2 Å². The number of carbonyl (C=O) groups is 1. The fourth-order valence-electron chi connectivity index (χ4n) is 2.12. The summed E-state index contributed by atoms with van der Waals surface area (Å²) in [7, 11) is 2.09. The van der Waals surface area contributed by atoms with Gasteiger partial charge in [0.05, 0.1) is 6.54 Å². The molecular weight excluding hydrogens is 306 g/mol. The predicted molar refractivity (Wildman–Crippen MR) is 81.4 cm³/mol. The Morgan fingerprint density at radius 1 is 1.32 bits per heavy atom. The molecule has 1 aliphatic heterocycles. The zero-order chi connectivity index (χ0) is 13.8. The van der Waals surface area contributed by atoms with Crippen molar-refractivity contribution in [1.82, 2.24) is 9.80 Å². The molecule has 4 nitrogen and oxygen atoms in total. The van der Waals surface area contributed by atoms with E-state index < -0.39 is 0 Å². The molecule has 0 aliphatic carbocycles. The monoisotopic (exact) mass is 325 g/mol. The molecule has 1 amide bonds. The molecule has 104 valence electrons. The summed E-state index contributed by atoms with van der Waals surface area (Å²) in [5.41, 5.74) is 2.14. The van der Waals surface area contributed by atoms with Crippen molar-refractivity contribution in [3.8, 4) is 0 Å². The van der Waals surface area contributed by atoms with Gasteiger partial charge >= 0.3 is 0 Å². The van der Waals surface area contributed by atoms with E-state index in [1.807, 2.05) is 30.0 Å². The third-order valence-corrected chi connectivity index (χ3v) is 4.53. The molecule has 19 heavy (non-hydrogen) atoms. The van der Waals surface area contributed by atoms with E-state index in [0.717, 1.165) is 41.9 Å². The van der Waals surface area contributed by atoms with E-state index >= 15 is 0 Å². The molecule has 1 aliphatic rings. The number of halogens is 1. The van der Waals surface area contributed by atoms with Crippen LogP contribution in [0, 0.1) is 6.92 Å². The molecule has 5 heteroatoms. The second-order valence-electron chi connectivity index (χ2n) is 4.97. The Labute approximate surface area is 122 Å². The van der Waals surface area contributed by atoms with Gasteiger partial charge in [0.2, 0.25) is 5.91 Å². The second kappa shape index (κ2) is 6.39. The highest BCUT2D eigenvalue weighted by Crippen LogP contribution is 2.25. The molecule has 1 saturated heterocycles. The Bertz CT molecular complexity index is 456. The van der Waals surface area contributed by atoms with E-state index in [0.29, 0.717) is 6.54 Å². The zero-order valence-corrected chi connectivity index (χ0v) is 13.0. The minimum atomic E-state index is 0.168. The lowest BCUT2D eigenvalue weighted by Gasteiger charge is -2.32. The van der Waals surface area contributed by atoms with Crippen molar-refractivity contribution >= 4 is 27.5 Å². The van der Waals surface area contributed by atoms with Crippen LogP contribution in [0.3, 0.4) is 0 Å². The Balaban J connectivity index is 1.88. The number of hydrogen-bond acceptors (Lipinski definition) is 3. The lowest BCUT2D eigenvalue weighted by Crippen LogP contribution is -2.48.